The molecule has 0 aliphatic carbocycles. The monoisotopic (exact) mass is 307 g/mol. The molecule has 2 rings (SSSR count). The molecule has 1 aliphatic rings. The van der Waals surface area contributed by atoms with Crippen LogP contribution in [0.1, 0.15) is 24.0 Å². The van der Waals surface area contributed by atoms with Crippen LogP contribution in [0.5, 0.6) is 0 Å². The number of piperidine rings is 1. The molecule has 1 aliphatic heterocycles. The quantitative estimate of drug-likeness (QED) is 0.574. The Morgan fingerprint density at radius 3 is 2.59 bits per heavy atom. The largest absolute Gasteiger partial charge is 0.416 e. The molecule has 0 spiro atoms. The molecule has 0 N–H and O–H groups in total. The first-order valence-electron chi connectivity index (χ1n) is 7.00. The predicted molar refractivity (Wildman–Crippen MR) is 77.8 cm³/mol. The fourth-order valence-electron chi connectivity index (χ4n) is 2.35. The van der Waals surface area contributed by atoms with Gasteiger partial charge in [0.25, 0.3) is 0 Å². The van der Waals surface area contributed by atoms with Crippen LogP contribution in [-0.2, 0) is 11.0 Å². The maximum Gasteiger partial charge on any atom is 0.416 e. The molecule has 1 aromatic carbocycles. The number of halogens is 3. The molecule has 5 heteroatoms. The number of rotatable bonds is 1. The molecular weight excluding hydrogens is 291 g/mol. The van der Waals surface area contributed by atoms with Crippen molar-refractivity contribution in [3.05, 3.63) is 48.0 Å². The lowest BCUT2D eigenvalue weighted by molar-refractivity contribution is -0.137. The van der Waals surface area contributed by atoms with E-state index in [1.165, 1.54) is 18.2 Å². The molecule has 1 fully saturated rings. The highest BCUT2D eigenvalue weighted by Crippen LogP contribution is 2.29. The van der Waals surface area contributed by atoms with E-state index < -0.39 is 11.7 Å². The summed E-state index contributed by atoms with van der Waals surface area (Å²) >= 11 is 0. The van der Waals surface area contributed by atoms with E-state index in [-0.39, 0.29) is 11.8 Å². The van der Waals surface area contributed by atoms with E-state index in [1.807, 2.05) is 0 Å². The standard InChI is InChI=1S/C17H16F3NO/c1-2-16(22)21-11-3-4-14(12-21)6-5-13-7-9-15(10-8-13)17(18,19)20/h2,7-10,14H,1,3-4,11-12H2. The lowest BCUT2D eigenvalue weighted by atomic mass is 9.98. The fraction of sp³-hybridized carbons (Fsp3) is 0.353. The van der Waals surface area contributed by atoms with Crippen LogP contribution in [0, 0.1) is 17.8 Å². The Morgan fingerprint density at radius 2 is 2.00 bits per heavy atom. The Kier molecular flexibility index (Phi) is 4.92. The van der Waals surface area contributed by atoms with Crippen molar-refractivity contribution in [3.63, 3.8) is 0 Å². The first kappa shape index (κ1) is 16.2. The van der Waals surface area contributed by atoms with E-state index in [0.717, 1.165) is 25.0 Å². The Morgan fingerprint density at radius 1 is 1.32 bits per heavy atom. The molecular formula is C17H16F3NO. The summed E-state index contributed by atoms with van der Waals surface area (Å²) < 4.78 is 37.4. The molecule has 1 aromatic rings. The van der Waals surface area contributed by atoms with Gasteiger partial charge in [0.2, 0.25) is 5.91 Å². The average molecular weight is 307 g/mol. The second kappa shape index (κ2) is 6.69. The maximum absolute atomic E-state index is 12.5. The van der Waals surface area contributed by atoms with Gasteiger partial charge in [0.1, 0.15) is 0 Å². The molecule has 1 saturated heterocycles. The van der Waals surface area contributed by atoms with Gasteiger partial charge >= 0.3 is 6.18 Å². The summed E-state index contributed by atoms with van der Waals surface area (Å²) in [5.74, 6) is 5.87. The zero-order valence-corrected chi connectivity index (χ0v) is 12.0. The lowest BCUT2D eigenvalue weighted by Gasteiger charge is -2.29. The fourth-order valence-corrected chi connectivity index (χ4v) is 2.35. The molecule has 116 valence electrons. The van der Waals surface area contributed by atoms with Gasteiger partial charge in [-0.15, -0.1) is 0 Å². The molecule has 0 aromatic heterocycles. The summed E-state index contributed by atoms with van der Waals surface area (Å²) in [5.41, 5.74) is -0.140. The van der Waals surface area contributed by atoms with Gasteiger partial charge in [-0.25, -0.2) is 0 Å². The van der Waals surface area contributed by atoms with Gasteiger partial charge in [0.15, 0.2) is 0 Å². The Hall–Kier alpha value is -2.22. The summed E-state index contributed by atoms with van der Waals surface area (Å²) in [4.78, 5) is 13.3. The van der Waals surface area contributed by atoms with Crippen LogP contribution in [0.3, 0.4) is 0 Å². The molecule has 2 nitrogen and oxygen atoms in total. The summed E-state index contributed by atoms with van der Waals surface area (Å²) in [7, 11) is 0. The first-order valence-corrected chi connectivity index (χ1v) is 7.00. The molecule has 1 atom stereocenters. The third-order valence-corrected chi connectivity index (χ3v) is 3.54. The van der Waals surface area contributed by atoms with Gasteiger partial charge in [0.05, 0.1) is 5.56 Å². The van der Waals surface area contributed by atoms with Gasteiger partial charge in [-0.3, -0.25) is 4.79 Å². The zero-order chi connectivity index (χ0) is 16.2. The maximum atomic E-state index is 12.5. The first-order chi connectivity index (χ1) is 10.4. The van der Waals surface area contributed by atoms with Gasteiger partial charge in [-0.2, -0.15) is 13.2 Å². The SMILES string of the molecule is C=CC(=O)N1CCCC(C#Cc2ccc(C(F)(F)F)cc2)C1. The van der Waals surface area contributed by atoms with Crippen molar-refractivity contribution in [3.8, 4) is 11.8 Å². The van der Waals surface area contributed by atoms with Crippen molar-refractivity contribution >= 4 is 5.91 Å². The van der Waals surface area contributed by atoms with Crippen LogP contribution in [0.4, 0.5) is 13.2 Å². The second-order valence-electron chi connectivity index (χ2n) is 5.17. The summed E-state index contributed by atoms with van der Waals surface area (Å²) in [6.45, 7) is 4.70. The highest BCUT2D eigenvalue weighted by Gasteiger charge is 2.29. The van der Waals surface area contributed by atoms with E-state index in [2.05, 4.69) is 18.4 Å². The third kappa shape index (κ3) is 4.14. The molecule has 1 amide bonds. The van der Waals surface area contributed by atoms with Crippen LogP contribution in [0.15, 0.2) is 36.9 Å². The predicted octanol–water partition coefficient (Wildman–Crippen LogP) is 3.48. The number of hydrogen-bond donors (Lipinski definition) is 0. The van der Waals surface area contributed by atoms with Crippen LogP contribution >= 0.6 is 0 Å². The molecule has 0 bridgehead atoms. The lowest BCUT2D eigenvalue weighted by Crippen LogP contribution is -2.38. The van der Waals surface area contributed by atoms with Crippen molar-refractivity contribution in [1.82, 2.24) is 4.90 Å². The summed E-state index contributed by atoms with van der Waals surface area (Å²) in [6, 6.07) is 4.79. The molecule has 22 heavy (non-hydrogen) atoms. The normalized spacial score (nSPS) is 18.3. The molecule has 0 radical (unpaired) electrons. The molecule has 1 unspecified atom stereocenters. The third-order valence-electron chi connectivity index (χ3n) is 3.54. The van der Waals surface area contributed by atoms with Crippen molar-refractivity contribution in [1.29, 1.82) is 0 Å². The minimum atomic E-state index is -4.33. The van der Waals surface area contributed by atoms with Gasteiger partial charge in [-0.1, -0.05) is 18.4 Å². The number of benzene rings is 1. The van der Waals surface area contributed by atoms with Crippen molar-refractivity contribution in [2.24, 2.45) is 5.92 Å². The Bertz CT molecular complexity index is 608. The smallest absolute Gasteiger partial charge is 0.338 e. The average Bonchev–Trinajstić information content (AvgIpc) is 2.52. The van der Waals surface area contributed by atoms with E-state index in [1.54, 1.807) is 4.90 Å². The summed E-state index contributed by atoms with van der Waals surface area (Å²) in [5, 5.41) is 0. The molecule has 1 heterocycles. The topological polar surface area (TPSA) is 20.3 Å². The molecule has 0 saturated carbocycles. The minimum Gasteiger partial charge on any atom is -0.338 e. The Labute approximate surface area is 127 Å². The second-order valence-corrected chi connectivity index (χ2v) is 5.17. The van der Waals surface area contributed by atoms with Crippen LogP contribution < -0.4 is 0 Å². The van der Waals surface area contributed by atoms with E-state index in [4.69, 9.17) is 0 Å². The number of nitrogens with zero attached hydrogens (tertiary/aromatic N) is 1. The minimum absolute atomic E-state index is 0.0416. The highest BCUT2D eigenvalue weighted by atomic mass is 19.4. The van der Waals surface area contributed by atoms with Gasteiger partial charge < -0.3 is 4.90 Å². The Balaban J connectivity index is 2.03. The van der Waals surface area contributed by atoms with Crippen LogP contribution in [0.2, 0.25) is 0 Å². The van der Waals surface area contributed by atoms with E-state index >= 15 is 0 Å². The number of amides is 1. The van der Waals surface area contributed by atoms with E-state index in [9.17, 15) is 18.0 Å². The summed E-state index contributed by atoms with van der Waals surface area (Å²) in [6.07, 6.45) is -1.30. The van der Waals surface area contributed by atoms with Crippen molar-refractivity contribution in [2.45, 2.75) is 19.0 Å². The highest BCUT2D eigenvalue weighted by molar-refractivity contribution is 5.87. The van der Waals surface area contributed by atoms with Crippen molar-refractivity contribution < 1.29 is 18.0 Å². The van der Waals surface area contributed by atoms with Crippen LogP contribution in [-0.4, -0.2) is 23.9 Å². The van der Waals surface area contributed by atoms with Crippen molar-refractivity contribution in [2.75, 3.05) is 13.1 Å². The van der Waals surface area contributed by atoms with Crippen LogP contribution in [0.25, 0.3) is 0 Å². The number of carbonyl (C=O) groups is 1. The van der Waals surface area contributed by atoms with Gasteiger partial charge in [-0.05, 0) is 43.2 Å². The zero-order valence-electron chi connectivity index (χ0n) is 12.0. The van der Waals surface area contributed by atoms with E-state index in [0.29, 0.717) is 18.7 Å². The number of likely N-dealkylation sites (tertiary alicyclic amines) is 1. The number of hydrogen-bond acceptors (Lipinski definition) is 1. The van der Waals surface area contributed by atoms with Gasteiger partial charge in [0, 0.05) is 24.6 Å². The number of carbonyl (C=O) groups excluding carboxylic acids is 1. The number of alkyl halides is 3.